The van der Waals surface area contributed by atoms with Crippen LogP contribution in [0.25, 0.3) is 0 Å². The minimum Gasteiger partial charge on any atom is -0.396 e. The van der Waals surface area contributed by atoms with E-state index >= 15 is 0 Å². The van der Waals surface area contributed by atoms with Gasteiger partial charge >= 0.3 is 0 Å². The van der Waals surface area contributed by atoms with E-state index in [1.165, 1.54) is 24.8 Å². The summed E-state index contributed by atoms with van der Waals surface area (Å²) in [5, 5.41) is 8.20. The maximum atomic E-state index is 8.20. The SMILES string of the molecule is CC/C=C(/C)CC.CCCCCO. The van der Waals surface area contributed by atoms with E-state index in [9.17, 15) is 0 Å². The molecule has 0 aromatic carbocycles. The Labute approximate surface area is 83.9 Å². The summed E-state index contributed by atoms with van der Waals surface area (Å²) in [6.07, 6.45) is 7.97. The summed E-state index contributed by atoms with van der Waals surface area (Å²) in [7, 11) is 0. The molecule has 0 aromatic heterocycles. The molecule has 0 heterocycles. The zero-order valence-electron chi connectivity index (χ0n) is 9.77. The van der Waals surface area contributed by atoms with Gasteiger partial charge in [-0.25, -0.2) is 0 Å². The van der Waals surface area contributed by atoms with E-state index in [0.717, 1.165) is 12.8 Å². The molecular weight excluding hydrogens is 160 g/mol. The first-order valence-corrected chi connectivity index (χ1v) is 5.49. The number of allylic oxidation sites excluding steroid dienone is 2. The van der Waals surface area contributed by atoms with Gasteiger partial charge in [-0.3, -0.25) is 0 Å². The zero-order chi connectivity index (χ0) is 10.5. The van der Waals surface area contributed by atoms with Gasteiger partial charge < -0.3 is 5.11 Å². The average Bonchev–Trinajstić information content (AvgIpc) is 2.16. The van der Waals surface area contributed by atoms with Crippen molar-refractivity contribution in [3.05, 3.63) is 11.6 Å². The van der Waals surface area contributed by atoms with Crippen molar-refractivity contribution in [3.63, 3.8) is 0 Å². The Morgan fingerprint density at radius 3 is 1.92 bits per heavy atom. The molecule has 0 bridgehead atoms. The van der Waals surface area contributed by atoms with Crippen LogP contribution < -0.4 is 0 Å². The molecule has 0 rings (SSSR count). The normalized spacial score (nSPS) is 10.7. The van der Waals surface area contributed by atoms with Gasteiger partial charge in [0.15, 0.2) is 0 Å². The van der Waals surface area contributed by atoms with Crippen LogP contribution in [0.2, 0.25) is 0 Å². The van der Waals surface area contributed by atoms with Crippen LogP contribution in [0.15, 0.2) is 11.6 Å². The van der Waals surface area contributed by atoms with E-state index in [1.54, 1.807) is 0 Å². The number of aliphatic hydroxyl groups excluding tert-OH is 1. The van der Waals surface area contributed by atoms with E-state index in [2.05, 4.69) is 33.8 Å². The molecule has 0 radical (unpaired) electrons. The molecule has 1 heteroatoms. The van der Waals surface area contributed by atoms with Gasteiger partial charge in [0.1, 0.15) is 0 Å². The monoisotopic (exact) mass is 186 g/mol. The Hall–Kier alpha value is -0.300. The number of rotatable bonds is 5. The number of hydrogen-bond acceptors (Lipinski definition) is 1. The third-order valence-electron chi connectivity index (χ3n) is 1.87. The van der Waals surface area contributed by atoms with Crippen molar-refractivity contribution in [2.24, 2.45) is 0 Å². The van der Waals surface area contributed by atoms with Crippen LogP contribution in [0.4, 0.5) is 0 Å². The highest BCUT2D eigenvalue weighted by atomic mass is 16.2. The van der Waals surface area contributed by atoms with Crippen LogP contribution in [0.1, 0.15) is 59.8 Å². The fourth-order valence-electron chi connectivity index (χ4n) is 0.855. The lowest BCUT2D eigenvalue weighted by Crippen LogP contribution is -1.78. The Morgan fingerprint density at radius 1 is 1.15 bits per heavy atom. The first-order chi connectivity index (χ1) is 6.22. The van der Waals surface area contributed by atoms with Gasteiger partial charge in [-0.15, -0.1) is 0 Å². The molecule has 0 aromatic rings. The van der Waals surface area contributed by atoms with E-state index in [-0.39, 0.29) is 0 Å². The third-order valence-corrected chi connectivity index (χ3v) is 1.87. The van der Waals surface area contributed by atoms with Crippen molar-refractivity contribution in [1.29, 1.82) is 0 Å². The molecule has 0 aliphatic carbocycles. The second-order valence-corrected chi connectivity index (χ2v) is 3.24. The molecule has 0 aliphatic heterocycles. The largest absolute Gasteiger partial charge is 0.396 e. The van der Waals surface area contributed by atoms with Gasteiger partial charge in [0.2, 0.25) is 0 Å². The summed E-state index contributed by atoms with van der Waals surface area (Å²) in [5.74, 6) is 0. The Balaban J connectivity index is 0. The van der Waals surface area contributed by atoms with Crippen LogP contribution in [0.3, 0.4) is 0 Å². The van der Waals surface area contributed by atoms with Gasteiger partial charge in [0, 0.05) is 6.61 Å². The molecule has 0 spiro atoms. The highest BCUT2D eigenvalue weighted by Crippen LogP contribution is 1.97. The predicted octanol–water partition coefficient (Wildman–Crippen LogP) is 3.92. The van der Waals surface area contributed by atoms with Gasteiger partial charge in [-0.05, 0) is 26.2 Å². The molecule has 0 unspecified atom stereocenters. The smallest absolute Gasteiger partial charge is 0.0431 e. The molecule has 0 amide bonds. The van der Waals surface area contributed by atoms with Crippen LogP contribution in [0.5, 0.6) is 0 Å². The summed E-state index contributed by atoms with van der Waals surface area (Å²) in [5.41, 5.74) is 1.50. The van der Waals surface area contributed by atoms with Crippen molar-refractivity contribution in [2.75, 3.05) is 6.61 Å². The fourth-order valence-corrected chi connectivity index (χ4v) is 0.855. The molecule has 1 nitrogen and oxygen atoms in total. The first-order valence-electron chi connectivity index (χ1n) is 5.49. The van der Waals surface area contributed by atoms with Crippen LogP contribution in [-0.4, -0.2) is 11.7 Å². The van der Waals surface area contributed by atoms with Crippen molar-refractivity contribution >= 4 is 0 Å². The summed E-state index contributed by atoms with van der Waals surface area (Å²) in [6, 6.07) is 0. The molecule has 1 N–H and O–H groups in total. The molecular formula is C12H26O. The second-order valence-electron chi connectivity index (χ2n) is 3.24. The van der Waals surface area contributed by atoms with Crippen LogP contribution in [0, 0.1) is 0 Å². The maximum absolute atomic E-state index is 8.20. The van der Waals surface area contributed by atoms with Gasteiger partial charge in [-0.1, -0.05) is 45.3 Å². The molecule has 0 saturated heterocycles. The molecule has 0 fully saturated rings. The Morgan fingerprint density at radius 2 is 1.77 bits per heavy atom. The van der Waals surface area contributed by atoms with Gasteiger partial charge in [-0.2, -0.15) is 0 Å². The Kier molecular flexibility index (Phi) is 16.6. The van der Waals surface area contributed by atoms with E-state index in [0.29, 0.717) is 6.61 Å². The molecule has 0 aliphatic rings. The van der Waals surface area contributed by atoms with E-state index in [4.69, 9.17) is 5.11 Å². The zero-order valence-corrected chi connectivity index (χ0v) is 9.77. The molecule has 13 heavy (non-hydrogen) atoms. The van der Waals surface area contributed by atoms with Crippen molar-refractivity contribution < 1.29 is 5.11 Å². The fraction of sp³-hybridized carbons (Fsp3) is 0.833. The number of hydrogen-bond donors (Lipinski definition) is 1. The van der Waals surface area contributed by atoms with Gasteiger partial charge in [0.25, 0.3) is 0 Å². The highest BCUT2D eigenvalue weighted by molar-refractivity contribution is 4.95. The predicted molar refractivity (Wildman–Crippen MR) is 60.9 cm³/mol. The minimum atomic E-state index is 0.355. The molecule has 0 atom stereocenters. The quantitative estimate of drug-likeness (QED) is 0.509. The molecule has 80 valence electrons. The maximum Gasteiger partial charge on any atom is 0.0431 e. The first kappa shape index (κ1) is 15.2. The van der Waals surface area contributed by atoms with Crippen molar-refractivity contribution in [1.82, 2.24) is 0 Å². The molecule has 0 saturated carbocycles. The average molecular weight is 186 g/mol. The second kappa shape index (κ2) is 14.2. The third kappa shape index (κ3) is 18.6. The summed E-state index contributed by atoms with van der Waals surface area (Å²) < 4.78 is 0. The van der Waals surface area contributed by atoms with Crippen molar-refractivity contribution in [3.8, 4) is 0 Å². The van der Waals surface area contributed by atoms with Crippen molar-refractivity contribution in [2.45, 2.75) is 59.8 Å². The highest BCUT2D eigenvalue weighted by Gasteiger charge is 1.77. The lowest BCUT2D eigenvalue weighted by molar-refractivity contribution is 0.284. The Bertz CT molecular complexity index is 102. The van der Waals surface area contributed by atoms with Crippen LogP contribution in [-0.2, 0) is 0 Å². The summed E-state index contributed by atoms with van der Waals surface area (Å²) >= 11 is 0. The summed E-state index contributed by atoms with van der Waals surface area (Å²) in [4.78, 5) is 0. The lowest BCUT2D eigenvalue weighted by atomic mass is 10.2. The van der Waals surface area contributed by atoms with Gasteiger partial charge in [0.05, 0.1) is 0 Å². The number of unbranched alkanes of at least 4 members (excludes halogenated alkanes) is 2. The van der Waals surface area contributed by atoms with E-state index in [1.807, 2.05) is 0 Å². The standard InChI is InChI=1S/C7H14.C5H12O/c1-4-6-7(3)5-2;1-2-3-4-5-6/h6H,4-5H2,1-3H3;6H,2-5H2,1H3/b7-6-;. The summed E-state index contributed by atoms with van der Waals surface area (Å²) in [6.45, 7) is 8.99. The minimum absolute atomic E-state index is 0.355. The topological polar surface area (TPSA) is 20.2 Å². The number of aliphatic hydroxyl groups is 1. The lowest BCUT2D eigenvalue weighted by Gasteiger charge is -1.88. The van der Waals surface area contributed by atoms with E-state index < -0.39 is 0 Å². The van der Waals surface area contributed by atoms with Crippen LogP contribution >= 0.6 is 0 Å².